The number of carbonyl (C=O) groups excluding carboxylic acids is 1. The molecule has 45 heavy (non-hydrogen) atoms. The topological polar surface area (TPSA) is 35.5 Å². The average Bonchev–Trinajstić information content (AvgIpc) is 3.69. The summed E-state index contributed by atoms with van der Waals surface area (Å²) in [6, 6.07) is 4.87. The Hall–Kier alpha value is -2.39. The first-order valence-electron chi connectivity index (χ1n) is 18.5. The van der Waals surface area contributed by atoms with Gasteiger partial charge in [0.05, 0.1) is 12.2 Å². The van der Waals surface area contributed by atoms with Crippen molar-refractivity contribution in [1.82, 2.24) is 0 Å². The molecule has 0 bridgehead atoms. The van der Waals surface area contributed by atoms with Crippen molar-refractivity contribution >= 4 is 17.1 Å². The van der Waals surface area contributed by atoms with Gasteiger partial charge < -0.3 is 9.47 Å². The zero-order valence-electron chi connectivity index (χ0n) is 29.5. The third-order valence-corrected chi connectivity index (χ3v) is 10.6. The van der Waals surface area contributed by atoms with Gasteiger partial charge in [-0.25, -0.2) is 4.79 Å². The van der Waals surface area contributed by atoms with E-state index < -0.39 is 11.7 Å². The first-order valence-corrected chi connectivity index (χ1v) is 18.5. The van der Waals surface area contributed by atoms with Crippen LogP contribution < -0.4 is 0 Å². The van der Waals surface area contributed by atoms with E-state index >= 15 is 0 Å². The van der Waals surface area contributed by atoms with Gasteiger partial charge in [0.15, 0.2) is 6.10 Å². The lowest BCUT2D eigenvalue weighted by atomic mass is 9.75. The van der Waals surface area contributed by atoms with E-state index in [0.717, 1.165) is 19.3 Å². The number of esters is 1. The molecule has 0 radical (unpaired) electrons. The molecule has 0 spiro atoms. The summed E-state index contributed by atoms with van der Waals surface area (Å²) in [6.07, 6.45) is 23.1. The van der Waals surface area contributed by atoms with E-state index in [1.54, 1.807) is 5.57 Å². The summed E-state index contributed by atoms with van der Waals surface area (Å²) in [7, 11) is 0. The molecule has 4 aliphatic carbocycles. The van der Waals surface area contributed by atoms with Crippen LogP contribution in [0.3, 0.4) is 0 Å². The number of fused-ring (bicyclic) bond motifs is 3. The summed E-state index contributed by atoms with van der Waals surface area (Å²) in [5.74, 6) is 1.30. The van der Waals surface area contributed by atoms with Gasteiger partial charge in [-0.3, -0.25) is 0 Å². The van der Waals surface area contributed by atoms with E-state index in [4.69, 9.17) is 9.47 Å². The third-order valence-electron chi connectivity index (χ3n) is 10.6. The first kappa shape index (κ1) is 34.0. The fourth-order valence-electron chi connectivity index (χ4n) is 8.41. The molecular formula is C42H60O3. The molecule has 0 heterocycles. The fraction of sp³-hybridized carbons (Fsp3) is 0.643. The Morgan fingerprint density at radius 3 is 2.33 bits per heavy atom. The monoisotopic (exact) mass is 612 g/mol. The Bertz CT molecular complexity index is 1350. The SMILES string of the molecule is CCC=CC=C1c2c(ccc(C3=C(C(OC(C)(C)C)C(=O)OCC)C(C)CCCCCC4=C3CCCCCCC4)c2C)C2CC12. The van der Waals surface area contributed by atoms with Crippen molar-refractivity contribution in [2.45, 2.75) is 156 Å². The number of hydrogen-bond acceptors (Lipinski definition) is 3. The smallest absolute Gasteiger partial charge is 0.339 e. The Balaban J connectivity index is 1.83. The van der Waals surface area contributed by atoms with Gasteiger partial charge in [0.1, 0.15) is 0 Å². The highest BCUT2D eigenvalue weighted by atomic mass is 16.6. The number of hydrogen-bond donors (Lipinski definition) is 0. The lowest BCUT2D eigenvalue weighted by molar-refractivity contribution is -0.162. The van der Waals surface area contributed by atoms with Crippen molar-refractivity contribution < 1.29 is 14.3 Å². The van der Waals surface area contributed by atoms with Crippen molar-refractivity contribution in [2.24, 2.45) is 11.8 Å². The quantitative estimate of drug-likeness (QED) is 0.287. The zero-order chi connectivity index (χ0) is 32.1. The second kappa shape index (κ2) is 15.0. The molecule has 4 unspecified atom stereocenters. The van der Waals surface area contributed by atoms with Crippen LogP contribution >= 0.6 is 0 Å². The van der Waals surface area contributed by atoms with Crippen LogP contribution in [0.2, 0.25) is 0 Å². The largest absolute Gasteiger partial charge is 0.464 e. The number of allylic oxidation sites excluding steroid dienone is 7. The van der Waals surface area contributed by atoms with Gasteiger partial charge in [-0.2, -0.15) is 0 Å². The predicted octanol–water partition coefficient (Wildman–Crippen LogP) is 11.6. The molecule has 1 fully saturated rings. The maximum atomic E-state index is 14.0. The summed E-state index contributed by atoms with van der Waals surface area (Å²) in [6.45, 7) is 15.4. The molecule has 246 valence electrons. The third kappa shape index (κ3) is 7.78. The highest BCUT2D eigenvalue weighted by Crippen LogP contribution is 2.63. The van der Waals surface area contributed by atoms with Crippen LogP contribution in [0.5, 0.6) is 0 Å². The molecule has 3 heteroatoms. The lowest BCUT2D eigenvalue weighted by Crippen LogP contribution is -2.38. The molecule has 0 N–H and O–H groups in total. The van der Waals surface area contributed by atoms with Gasteiger partial charge in [0.25, 0.3) is 0 Å². The second-order valence-corrected chi connectivity index (χ2v) is 15.2. The molecule has 0 amide bonds. The number of carbonyl (C=O) groups is 1. The molecular weight excluding hydrogens is 552 g/mol. The molecule has 1 saturated carbocycles. The van der Waals surface area contributed by atoms with Crippen molar-refractivity contribution in [2.75, 3.05) is 6.61 Å². The highest BCUT2D eigenvalue weighted by Gasteiger charge is 2.49. The van der Waals surface area contributed by atoms with E-state index in [-0.39, 0.29) is 11.9 Å². The minimum atomic E-state index is -0.723. The summed E-state index contributed by atoms with van der Waals surface area (Å²) in [4.78, 5) is 14.0. The summed E-state index contributed by atoms with van der Waals surface area (Å²) in [5.41, 5.74) is 12.4. The van der Waals surface area contributed by atoms with Gasteiger partial charge >= 0.3 is 5.97 Å². The molecule has 0 saturated heterocycles. The van der Waals surface area contributed by atoms with Crippen molar-refractivity contribution in [3.63, 3.8) is 0 Å². The minimum Gasteiger partial charge on any atom is -0.464 e. The standard InChI is InChI=1S/C42H60O3/c1-8-10-15-24-33-35-27-36(35)34-26-25-31(29(4)38(33)34)39-32-23-19-13-11-12-17-21-30(32)22-18-14-16-20-28(3)37(39)40(41(43)44-9-2)45-42(5,6)7/h10,15,24-26,28,35-36,40H,8-9,11-14,16-23,27H2,1-7H3. The Labute approximate surface area is 274 Å². The minimum absolute atomic E-state index is 0.208. The average molecular weight is 613 g/mol. The highest BCUT2D eigenvalue weighted by molar-refractivity contribution is 5.93. The van der Waals surface area contributed by atoms with Crippen LogP contribution in [-0.2, 0) is 14.3 Å². The van der Waals surface area contributed by atoms with Crippen LogP contribution in [-0.4, -0.2) is 24.3 Å². The molecule has 3 nitrogen and oxygen atoms in total. The van der Waals surface area contributed by atoms with E-state index in [1.165, 1.54) is 115 Å². The maximum Gasteiger partial charge on any atom is 0.339 e. The number of rotatable bonds is 7. The summed E-state index contributed by atoms with van der Waals surface area (Å²) in [5, 5.41) is 0. The molecule has 1 aromatic carbocycles. The van der Waals surface area contributed by atoms with Gasteiger partial charge in [0, 0.05) is 0 Å². The molecule has 0 aromatic heterocycles. The van der Waals surface area contributed by atoms with Crippen LogP contribution in [0, 0.1) is 18.8 Å². The van der Waals surface area contributed by atoms with Crippen molar-refractivity contribution in [3.8, 4) is 0 Å². The zero-order valence-corrected chi connectivity index (χ0v) is 29.5. The molecule has 5 rings (SSSR count). The van der Waals surface area contributed by atoms with Gasteiger partial charge in [0.2, 0.25) is 0 Å². The molecule has 1 aromatic rings. The first-order chi connectivity index (χ1) is 21.7. The fourth-order valence-corrected chi connectivity index (χ4v) is 8.41. The number of ether oxygens (including phenoxy) is 2. The number of benzene rings is 1. The van der Waals surface area contributed by atoms with E-state index in [2.05, 4.69) is 71.9 Å². The van der Waals surface area contributed by atoms with Crippen LogP contribution in [0.1, 0.15) is 160 Å². The normalized spacial score (nSPS) is 26.1. The molecule has 4 aliphatic rings. The van der Waals surface area contributed by atoms with E-state index in [9.17, 15) is 4.79 Å². The Kier molecular flexibility index (Phi) is 11.3. The summed E-state index contributed by atoms with van der Waals surface area (Å²) >= 11 is 0. The van der Waals surface area contributed by atoms with Crippen molar-refractivity contribution in [3.05, 3.63) is 69.3 Å². The molecule has 4 atom stereocenters. The van der Waals surface area contributed by atoms with Crippen LogP contribution in [0.15, 0.2) is 47.1 Å². The second-order valence-electron chi connectivity index (χ2n) is 15.2. The van der Waals surface area contributed by atoms with Gasteiger partial charge in [-0.05, 0) is 155 Å². The Morgan fingerprint density at radius 2 is 1.64 bits per heavy atom. The van der Waals surface area contributed by atoms with Crippen LogP contribution in [0.25, 0.3) is 11.1 Å². The predicted molar refractivity (Wildman–Crippen MR) is 189 cm³/mol. The van der Waals surface area contributed by atoms with Crippen LogP contribution in [0.4, 0.5) is 0 Å². The Morgan fingerprint density at radius 1 is 0.956 bits per heavy atom. The van der Waals surface area contributed by atoms with E-state index in [0.29, 0.717) is 18.4 Å². The van der Waals surface area contributed by atoms with Gasteiger partial charge in [-0.1, -0.05) is 81.9 Å². The van der Waals surface area contributed by atoms with Crippen molar-refractivity contribution in [1.29, 1.82) is 0 Å². The molecule has 0 aliphatic heterocycles. The maximum absolute atomic E-state index is 14.0. The lowest BCUT2D eigenvalue weighted by Gasteiger charge is -2.35. The van der Waals surface area contributed by atoms with Gasteiger partial charge in [-0.15, -0.1) is 0 Å². The van der Waals surface area contributed by atoms with E-state index in [1.807, 2.05) is 6.92 Å². The summed E-state index contributed by atoms with van der Waals surface area (Å²) < 4.78 is 12.6.